The Kier molecular flexibility index (Phi) is 11.1. The van der Waals surface area contributed by atoms with Crippen molar-refractivity contribution in [3.63, 3.8) is 0 Å². The number of hydrogen-bond donors (Lipinski definition) is 6. The van der Waals surface area contributed by atoms with E-state index >= 15 is 0 Å². The molecule has 1 aliphatic heterocycles. The average molecular weight is 786 g/mol. The summed E-state index contributed by atoms with van der Waals surface area (Å²) in [4.78, 5) is 39.3. The van der Waals surface area contributed by atoms with Gasteiger partial charge in [0.25, 0.3) is 0 Å². The van der Waals surface area contributed by atoms with Crippen molar-refractivity contribution >= 4 is 38.7 Å². The summed E-state index contributed by atoms with van der Waals surface area (Å²) in [5.74, 6) is -6.22. The number of aliphatic hydroxyl groups is 2. The lowest BCUT2D eigenvalue weighted by Gasteiger charge is -2.64. The highest BCUT2D eigenvalue weighted by Gasteiger charge is 2.72. The number of carboxylic acid groups (broad SMARTS) is 2. The maximum atomic E-state index is 13.1. The lowest BCUT2D eigenvalue weighted by atomic mass is 9.40. The van der Waals surface area contributed by atoms with Crippen molar-refractivity contribution < 1.29 is 88.4 Å². The lowest BCUT2D eigenvalue weighted by molar-refractivity contribution is -0.517. The Balaban J connectivity index is 1.61. The minimum Gasteiger partial charge on any atom is -0.829 e. The number of carboxylic acids is 2. The Morgan fingerprint density at radius 3 is 2.08 bits per heavy atom. The molecule has 0 aromatic heterocycles. The molecule has 19 nitrogen and oxygen atoms in total. The van der Waals surface area contributed by atoms with Crippen LogP contribution in [0, 0.1) is 39.9 Å². The number of ether oxygens (including phenoxy) is 3. The van der Waals surface area contributed by atoms with Crippen molar-refractivity contribution in [2.45, 2.75) is 121 Å². The predicted octanol–water partition coefficient (Wildman–Crippen LogP) is -0.192. The molecule has 296 valence electrons. The van der Waals surface area contributed by atoms with Crippen molar-refractivity contribution in [1.82, 2.24) is 0 Å². The van der Waals surface area contributed by atoms with Crippen LogP contribution >= 0.6 is 0 Å². The van der Waals surface area contributed by atoms with Gasteiger partial charge in [-0.25, -0.2) is 8.37 Å². The summed E-state index contributed by atoms with van der Waals surface area (Å²) in [6.45, 7) is 9.02. The van der Waals surface area contributed by atoms with E-state index in [1.807, 2.05) is 0 Å². The van der Waals surface area contributed by atoms with E-state index < -0.39 is 122 Å². The zero-order valence-corrected chi connectivity index (χ0v) is 30.2. The van der Waals surface area contributed by atoms with Crippen LogP contribution in [0.15, 0.2) is 12.2 Å². The number of esters is 1. The molecule has 1 spiro atoms. The van der Waals surface area contributed by atoms with Crippen molar-refractivity contribution in [3.05, 3.63) is 12.2 Å². The summed E-state index contributed by atoms with van der Waals surface area (Å²) >= 11 is 0. The summed E-state index contributed by atoms with van der Waals surface area (Å²) in [7, 11) is -11.2. The van der Waals surface area contributed by atoms with Gasteiger partial charge in [-0.2, -0.15) is 16.8 Å². The molecule has 4 saturated carbocycles. The van der Waals surface area contributed by atoms with Crippen LogP contribution < -0.4 is 5.11 Å². The molecule has 1 unspecified atom stereocenters. The molecule has 5 aliphatic rings. The van der Waals surface area contributed by atoms with Gasteiger partial charge in [0.1, 0.15) is 12.2 Å². The first-order valence-corrected chi connectivity index (χ1v) is 19.6. The molecule has 52 heavy (non-hydrogen) atoms. The van der Waals surface area contributed by atoms with Crippen LogP contribution in [-0.4, -0.2) is 113 Å². The molecule has 5 fully saturated rings. The quantitative estimate of drug-likeness (QED) is 0.0373. The van der Waals surface area contributed by atoms with Gasteiger partial charge in [0.2, 0.25) is 0 Å². The van der Waals surface area contributed by atoms with Crippen LogP contribution in [0.4, 0.5) is 0 Å². The van der Waals surface area contributed by atoms with Crippen LogP contribution in [0.25, 0.3) is 0 Å². The third-order valence-corrected chi connectivity index (χ3v) is 13.0. The van der Waals surface area contributed by atoms with E-state index in [0.717, 1.165) is 0 Å². The van der Waals surface area contributed by atoms with Gasteiger partial charge in [0.05, 0.1) is 12.2 Å². The average Bonchev–Trinajstić information content (AvgIpc) is 3.16. The van der Waals surface area contributed by atoms with Gasteiger partial charge < -0.3 is 39.7 Å². The first-order valence-electron chi connectivity index (χ1n) is 16.9. The normalized spacial score (nSPS) is 40.8. The molecule has 1 saturated heterocycles. The fourth-order valence-corrected chi connectivity index (χ4v) is 11.3. The topological polar surface area (TPSA) is 310 Å². The number of hydrogen-bond acceptors (Lipinski definition) is 15. The van der Waals surface area contributed by atoms with Gasteiger partial charge in [-0.1, -0.05) is 27.4 Å². The van der Waals surface area contributed by atoms with Crippen LogP contribution in [0.1, 0.15) is 72.1 Å². The molecule has 5 rings (SSSR count). The molecule has 1 heterocycles. The Morgan fingerprint density at radius 2 is 1.54 bits per heavy atom. The van der Waals surface area contributed by atoms with Gasteiger partial charge in [0.15, 0.2) is 23.9 Å². The zero-order chi connectivity index (χ0) is 38.9. The largest absolute Gasteiger partial charge is 0.829 e. The highest BCUT2D eigenvalue weighted by molar-refractivity contribution is 7.81. The molecular weight excluding hydrogens is 740 g/mol. The summed E-state index contributed by atoms with van der Waals surface area (Å²) in [5.41, 5.74) is -3.73. The number of carbonyl (C=O) groups excluding carboxylic acids is 1. The number of fused-ring (bicyclic) bond motifs is 3. The SMILES string of the molecule is C=C1[C@@H]2CC[C@H]3[C@]4(C)C[C@H](O[C@H]5O[C@H](C([O-])O)[C@@H](OS(=O)(=O)O)[C@H](OS(=O)(=O)O)[C@H]5OC(=O)CC(C)C)CC(C(=O)O)(C(=O)O)[C@H]4CC[C@]3(C2)[C@H]1O. The standard InChI is InChI=1S/C31H45O19S2/c1-13(2)9-19(32)47-23-21(50-52(43,44)45)20(49-51(40,41)42)22(25(34)35)48-26(23)46-16-11-29(4)17-6-5-15-10-30(17,24(33)14(15)3)8-7-18(29)31(12-16,27(36)37)28(38)39/h13,15-18,20-26,33-34H,3,5-12H2,1-2,4H3,(H,36,37)(H,38,39)(H,40,41,42)(H,43,44,45)/q-1/t15-,16+,17+,18+,20+,21+,22+,23-,24+,25?,26+,29+,30-/m1/s1. The maximum Gasteiger partial charge on any atom is 0.397 e. The van der Waals surface area contributed by atoms with Gasteiger partial charge >= 0.3 is 38.7 Å². The lowest BCUT2D eigenvalue weighted by Crippen LogP contribution is -2.68. The number of carbonyl (C=O) groups is 3. The van der Waals surface area contributed by atoms with Crippen molar-refractivity contribution in [2.75, 3.05) is 0 Å². The summed E-state index contributed by atoms with van der Waals surface area (Å²) in [6.07, 6.45) is -16.5. The fraction of sp³-hybridized carbons (Fsp3) is 0.839. The molecule has 2 bridgehead atoms. The molecular formula is C31H45O19S2-. The van der Waals surface area contributed by atoms with Gasteiger partial charge in [-0.15, -0.1) is 0 Å². The Bertz CT molecular complexity index is 1650. The number of rotatable bonds is 12. The summed E-state index contributed by atoms with van der Waals surface area (Å²) < 4.78 is 92.9. The second-order valence-electron chi connectivity index (χ2n) is 15.5. The fourth-order valence-electron chi connectivity index (χ4n) is 10.3. The first-order chi connectivity index (χ1) is 23.9. The molecule has 4 aliphatic carbocycles. The van der Waals surface area contributed by atoms with E-state index in [1.54, 1.807) is 20.8 Å². The molecule has 0 aromatic carbocycles. The van der Waals surface area contributed by atoms with Crippen molar-refractivity contribution in [1.29, 1.82) is 0 Å². The monoisotopic (exact) mass is 785 g/mol. The molecule has 0 amide bonds. The van der Waals surface area contributed by atoms with E-state index in [0.29, 0.717) is 31.3 Å². The van der Waals surface area contributed by atoms with Gasteiger partial charge in [-0.3, -0.25) is 23.5 Å². The number of aliphatic hydroxyl groups excluding tert-OH is 2. The van der Waals surface area contributed by atoms with Crippen LogP contribution in [0.5, 0.6) is 0 Å². The first kappa shape index (κ1) is 40.9. The molecule has 6 N–H and O–H groups in total. The van der Waals surface area contributed by atoms with E-state index in [2.05, 4.69) is 14.9 Å². The third kappa shape index (κ3) is 7.26. The second-order valence-corrected chi connectivity index (χ2v) is 17.6. The highest BCUT2D eigenvalue weighted by Crippen LogP contribution is 2.72. The van der Waals surface area contributed by atoms with Crippen LogP contribution in [0.3, 0.4) is 0 Å². The van der Waals surface area contributed by atoms with Crippen LogP contribution in [-0.2, 0) is 57.8 Å². The summed E-state index contributed by atoms with van der Waals surface area (Å²) in [5, 5.41) is 55.3. The Labute approximate surface area is 300 Å². The molecule has 13 atom stereocenters. The minimum atomic E-state index is -5.63. The Morgan fingerprint density at radius 1 is 0.942 bits per heavy atom. The van der Waals surface area contributed by atoms with Gasteiger partial charge in [0, 0.05) is 24.5 Å². The maximum absolute atomic E-state index is 13.1. The minimum absolute atomic E-state index is 0.0238. The van der Waals surface area contributed by atoms with E-state index in [4.69, 9.17) is 14.2 Å². The van der Waals surface area contributed by atoms with Gasteiger partial charge in [-0.05, 0) is 73.2 Å². The molecule has 0 radical (unpaired) electrons. The molecule has 0 aromatic rings. The Hall–Kier alpha value is -2.31. The predicted molar refractivity (Wildman–Crippen MR) is 168 cm³/mol. The molecule has 21 heteroatoms. The van der Waals surface area contributed by atoms with E-state index in [-0.39, 0.29) is 31.1 Å². The van der Waals surface area contributed by atoms with Crippen molar-refractivity contribution in [2.24, 2.45) is 39.9 Å². The highest BCUT2D eigenvalue weighted by atomic mass is 32.3. The van der Waals surface area contributed by atoms with Crippen molar-refractivity contribution in [3.8, 4) is 0 Å². The third-order valence-electron chi connectivity index (χ3n) is 12.1. The van der Waals surface area contributed by atoms with Crippen LogP contribution in [0.2, 0.25) is 0 Å². The smallest absolute Gasteiger partial charge is 0.397 e. The van der Waals surface area contributed by atoms with E-state index in [1.165, 1.54) is 0 Å². The summed E-state index contributed by atoms with van der Waals surface area (Å²) in [6, 6.07) is 0. The van der Waals surface area contributed by atoms with E-state index in [9.17, 15) is 65.9 Å². The second kappa shape index (κ2) is 14.1. The zero-order valence-electron chi connectivity index (χ0n) is 28.6. The number of aliphatic carboxylic acids is 2.